The Bertz CT molecular complexity index is 824. The summed E-state index contributed by atoms with van der Waals surface area (Å²) in [5, 5.41) is 10.8. The van der Waals surface area contributed by atoms with Gasteiger partial charge >= 0.3 is 6.09 Å². The Morgan fingerprint density at radius 2 is 2.15 bits per heavy atom. The first-order valence-corrected chi connectivity index (χ1v) is 8.93. The summed E-state index contributed by atoms with van der Waals surface area (Å²) in [7, 11) is 0. The number of fused-ring (bicyclic) bond motifs is 1. The number of benzene rings is 1. The van der Waals surface area contributed by atoms with Gasteiger partial charge in [0.1, 0.15) is 5.60 Å². The average Bonchev–Trinajstić information content (AvgIpc) is 3.01. The first kappa shape index (κ1) is 18.2. The lowest BCUT2D eigenvalue weighted by atomic mass is 9.66. The zero-order valence-corrected chi connectivity index (χ0v) is 15.5. The van der Waals surface area contributed by atoms with Gasteiger partial charge in [0.15, 0.2) is 0 Å². The molecule has 1 fully saturated rings. The van der Waals surface area contributed by atoms with Gasteiger partial charge in [-0.1, -0.05) is 20.8 Å². The zero-order valence-electron chi connectivity index (χ0n) is 15.5. The number of primary amides is 1. The molecule has 7 heteroatoms. The van der Waals surface area contributed by atoms with Gasteiger partial charge in [-0.3, -0.25) is 9.89 Å². The number of amides is 2. The van der Waals surface area contributed by atoms with Crippen molar-refractivity contribution in [2.75, 3.05) is 0 Å². The highest BCUT2D eigenvalue weighted by molar-refractivity contribution is 5.98. The molecule has 1 aromatic carbocycles. The first-order valence-electron chi connectivity index (χ1n) is 8.93. The molecule has 2 aromatic rings. The molecule has 0 bridgehead atoms. The van der Waals surface area contributed by atoms with Crippen LogP contribution in [0.2, 0.25) is 0 Å². The summed E-state index contributed by atoms with van der Waals surface area (Å²) in [5.41, 5.74) is 5.85. The van der Waals surface area contributed by atoms with Gasteiger partial charge in [0.05, 0.1) is 11.7 Å². The van der Waals surface area contributed by atoms with E-state index in [9.17, 15) is 9.59 Å². The minimum absolute atomic E-state index is 0.0742. The lowest BCUT2D eigenvalue weighted by molar-refractivity contribution is -0.0949. The highest BCUT2D eigenvalue weighted by Gasteiger charge is 2.48. The summed E-state index contributed by atoms with van der Waals surface area (Å²) in [6, 6.07) is 5.35. The van der Waals surface area contributed by atoms with Gasteiger partial charge in [0.25, 0.3) is 5.91 Å². The monoisotopic (exact) mass is 358 g/mol. The van der Waals surface area contributed by atoms with Crippen molar-refractivity contribution in [3.8, 4) is 0 Å². The normalized spacial score (nSPS) is 23.6. The zero-order chi connectivity index (χ0) is 18.9. The summed E-state index contributed by atoms with van der Waals surface area (Å²) < 4.78 is 5.58. The van der Waals surface area contributed by atoms with Crippen LogP contribution >= 0.6 is 0 Å². The molecule has 0 radical (unpaired) electrons. The lowest BCUT2D eigenvalue weighted by Crippen LogP contribution is -2.55. The molecule has 26 heavy (non-hydrogen) atoms. The van der Waals surface area contributed by atoms with E-state index in [1.165, 1.54) is 0 Å². The third kappa shape index (κ3) is 3.52. The number of carbonyl (C=O) groups excluding carboxylic acids is 2. The van der Waals surface area contributed by atoms with E-state index in [-0.39, 0.29) is 17.4 Å². The van der Waals surface area contributed by atoms with Crippen LogP contribution in [-0.4, -0.2) is 33.8 Å². The number of nitrogens with zero attached hydrogens (tertiary/aromatic N) is 1. The number of carbonyl (C=O) groups is 2. The summed E-state index contributed by atoms with van der Waals surface area (Å²) >= 11 is 0. The molecule has 1 aliphatic rings. The largest absolute Gasteiger partial charge is 0.442 e. The van der Waals surface area contributed by atoms with E-state index < -0.39 is 11.7 Å². The fraction of sp³-hybridized carbons (Fsp3) is 0.526. The van der Waals surface area contributed by atoms with Crippen LogP contribution in [0.1, 0.15) is 56.8 Å². The third-order valence-electron chi connectivity index (χ3n) is 5.41. The predicted octanol–water partition coefficient (Wildman–Crippen LogP) is 3.12. The maximum atomic E-state index is 12.7. The van der Waals surface area contributed by atoms with E-state index in [1.54, 1.807) is 12.3 Å². The Balaban J connectivity index is 1.76. The molecule has 1 heterocycles. The Morgan fingerprint density at radius 3 is 2.85 bits per heavy atom. The molecule has 7 nitrogen and oxygen atoms in total. The van der Waals surface area contributed by atoms with Gasteiger partial charge < -0.3 is 15.8 Å². The number of nitrogens with one attached hydrogen (secondary N) is 2. The van der Waals surface area contributed by atoms with Crippen LogP contribution < -0.4 is 11.1 Å². The summed E-state index contributed by atoms with van der Waals surface area (Å²) in [5.74, 6) is -0.137. The molecule has 1 aromatic heterocycles. The predicted molar refractivity (Wildman–Crippen MR) is 98.7 cm³/mol. The van der Waals surface area contributed by atoms with Crippen molar-refractivity contribution >= 4 is 22.9 Å². The molecular formula is C19H26N4O3. The van der Waals surface area contributed by atoms with Crippen molar-refractivity contribution in [3.05, 3.63) is 30.0 Å². The van der Waals surface area contributed by atoms with Crippen LogP contribution in [0.5, 0.6) is 0 Å². The minimum atomic E-state index is -0.766. The molecule has 4 N–H and O–H groups in total. The van der Waals surface area contributed by atoms with Crippen molar-refractivity contribution in [2.45, 2.75) is 58.1 Å². The lowest BCUT2D eigenvalue weighted by Gasteiger charge is -2.48. The second-order valence-corrected chi connectivity index (χ2v) is 8.10. The molecule has 0 aliphatic heterocycles. The minimum Gasteiger partial charge on any atom is -0.442 e. The Kier molecular flexibility index (Phi) is 4.64. The van der Waals surface area contributed by atoms with Gasteiger partial charge in [-0.05, 0) is 37.5 Å². The van der Waals surface area contributed by atoms with Crippen LogP contribution in [-0.2, 0) is 4.74 Å². The second-order valence-electron chi connectivity index (χ2n) is 8.10. The van der Waals surface area contributed by atoms with Crippen molar-refractivity contribution < 1.29 is 14.3 Å². The maximum absolute atomic E-state index is 12.7. The van der Waals surface area contributed by atoms with Crippen molar-refractivity contribution in [2.24, 2.45) is 11.1 Å². The highest BCUT2D eigenvalue weighted by atomic mass is 16.6. The highest BCUT2D eigenvalue weighted by Crippen LogP contribution is 2.45. The number of H-pyrrole nitrogens is 1. The molecule has 1 saturated carbocycles. The van der Waals surface area contributed by atoms with Crippen molar-refractivity contribution in [3.63, 3.8) is 0 Å². The Morgan fingerprint density at radius 1 is 1.38 bits per heavy atom. The SMILES string of the molecule is CC(C)(C)C1(OC(N)=O)CCCC(NC(=O)c2ccc3[nH]ncc3c2)C1. The fourth-order valence-electron chi connectivity index (χ4n) is 3.83. The first-order chi connectivity index (χ1) is 12.2. The standard InChI is InChI=1S/C19H26N4O3/c1-18(2,3)19(26-17(20)25)8-4-5-14(10-19)22-16(24)12-6-7-15-13(9-12)11-21-23-15/h6-7,9,11,14H,4-5,8,10H2,1-3H3,(H2,20,25)(H,21,23)(H,22,24). The van der Waals surface area contributed by atoms with E-state index in [1.807, 2.05) is 32.9 Å². The quantitative estimate of drug-likeness (QED) is 0.783. The van der Waals surface area contributed by atoms with Gasteiger partial charge in [0.2, 0.25) is 0 Å². The molecular weight excluding hydrogens is 332 g/mol. The molecule has 3 rings (SSSR count). The maximum Gasteiger partial charge on any atom is 0.405 e. The van der Waals surface area contributed by atoms with Crippen LogP contribution in [0.15, 0.2) is 24.4 Å². The molecule has 2 atom stereocenters. The summed E-state index contributed by atoms with van der Waals surface area (Å²) in [4.78, 5) is 24.2. The van der Waals surface area contributed by atoms with Crippen LogP contribution in [0.25, 0.3) is 10.9 Å². The topological polar surface area (TPSA) is 110 Å². The van der Waals surface area contributed by atoms with Gasteiger partial charge in [-0.2, -0.15) is 5.10 Å². The summed E-state index contributed by atoms with van der Waals surface area (Å²) in [6.45, 7) is 6.10. The van der Waals surface area contributed by atoms with Crippen LogP contribution in [0.3, 0.4) is 0 Å². The number of rotatable bonds is 3. The molecule has 1 aliphatic carbocycles. The van der Waals surface area contributed by atoms with Gasteiger partial charge in [-0.25, -0.2) is 4.79 Å². The molecule has 2 unspecified atom stereocenters. The van der Waals surface area contributed by atoms with Crippen molar-refractivity contribution in [1.29, 1.82) is 0 Å². The molecule has 0 saturated heterocycles. The number of hydrogen-bond donors (Lipinski definition) is 3. The summed E-state index contributed by atoms with van der Waals surface area (Å²) in [6.07, 6.45) is 3.93. The Labute approximate surface area is 152 Å². The second kappa shape index (κ2) is 6.63. The van der Waals surface area contributed by atoms with Crippen LogP contribution in [0.4, 0.5) is 4.79 Å². The van der Waals surface area contributed by atoms with E-state index in [0.717, 1.165) is 30.2 Å². The number of ether oxygens (including phenoxy) is 1. The molecule has 0 spiro atoms. The number of aromatic amines is 1. The van der Waals surface area contributed by atoms with E-state index in [4.69, 9.17) is 10.5 Å². The Hall–Kier alpha value is -2.57. The smallest absolute Gasteiger partial charge is 0.405 e. The average molecular weight is 358 g/mol. The number of nitrogens with two attached hydrogens (primary N) is 1. The van der Waals surface area contributed by atoms with E-state index in [2.05, 4.69) is 15.5 Å². The number of hydrogen-bond acceptors (Lipinski definition) is 4. The van der Waals surface area contributed by atoms with E-state index in [0.29, 0.717) is 12.0 Å². The third-order valence-corrected chi connectivity index (χ3v) is 5.41. The van der Waals surface area contributed by atoms with Crippen molar-refractivity contribution in [1.82, 2.24) is 15.5 Å². The molecule has 140 valence electrons. The number of aromatic nitrogens is 2. The van der Waals surface area contributed by atoms with Gasteiger partial charge in [0, 0.05) is 28.8 Å². The van der Waals surface area contributed by atoms with Crippen LogP contribution in [0, 0.1) is 5.41 Å². The van der Waals surface area contributed by atoms with E-state index >= 15 is 0 Å². The fourth-order valence-corrected chi connectivity index (χ4v) is 3.83. The van der Waals surface area contributed by atoms with Gasteiger partial charge in [-0.15, -0.1) is 0 Å². The molecule has 2 amide bonds.